The summed E-state index contributed by atoms with van der Waals surface area (Å²) in [6, 6.07) is 7.13. The standard InChI is InChI=1S/C19H25N3O2S/c1-13-7-9-22(10-8-13)12-17-14(2)20-19(25-17)21-18(23)15-5-4-6-16(11-15)24-3/h4-6,11,13H,7-10,12H2,1-3H3,(H,20,21,23). The molecule has 0 saturated carbocycles. The van der Waals surface area contributed by atoms with Gasteiger partial charge in [-0.2, -0.15) is 0 Å². The molecule has 1 aliphatic rings. The van der Waals surface area contributed by atoms with E-state index in [1.165, 1.54) is 17.7 Å². The van der Waals surface area contributed by atoms with Gasteiger partial charge in [0.2, 0.25) is 0 Å². The normalized spacial score (nSPS) is 16.0. The largest absolute Gasteiger partial charge is 0.497 e. The van der Waals surface area contributed by atoms with Gasteiger partial charge >= 0.3 is 0 Å². The molecule has 1 fully saturated rings. The van der Waals surface area contributed by atoms with Crippen LogP contribution in [0.1, 0.15) is 40.7 Å². The van der Waals surface area contributed by atoms with Crippen LogP contribution >= 0.6 is 11.3 Å². The number of thiazole rings is 1. The third-order valence-corrected chi connectivity index (χ3v) is 5.75. The molecule has 2 aromatic rings. The maximum absolute atomic E-state index is 12.4. The van der Waals surface area contributed by atoms with Crippen LogP contribution in [-0.4, -0.2) is 36.0 Å². The smallest absolute Gasteiger partial charge is 0.257 e. The number of aromatic nitrogens is 1. The number of ether oxygens (including phenoxy) is 1. The lowest BCUT2D eigenvalue weighted by Gasteiger charge is -2.29. The quantitative estimate of drug-likeness (QED) is 0.878. The van der Waals surface area contributed by atoms with Crippen molar-refractivity contribution in [2.75, 3.05) is 25.5 Å². The maximum Gasteiger partial charge on any atom is 0.257 e. The minimum absolute atomic E-state index is 0.161. The number of anilines is 1. The monoisotopic (exact) mass is 359 g/mol. The predicted octanol–water partition coefficient (Wildman–Crippen LogP) is 3.94. The number of nitrogens with one attached hydrogen (secondary N) is 1. The molecule has 3 rings (SSSR count). The highest BCUT2D eigenvalue weighted by atomic mass is 32.1. The van der Waals surface area contributed by atoms with E-state index >= 15 is 0 Å². The molecule has 0 unspecified atom stereocenters. The number of rotatable bonds is 5. The van der Waals surface area contributed by atoms with Gasteiger partial charge < -0.3 is 4.74 Å². The Bertz CT molecular complexity index is 736. The van der Waals surface area contributed by atoms with E-state index < -0.39 is 0 Å². The van der Waals surface area contributed by atoms with Crippen molar-refractivity contribution in [1.82, 2.24) is 9.88 Å². The van der Waals surface area contributed by atoms with Crippen molar-refractivity contribution in [2.45, 2.75) is 33.2 Å². The molecule has 0 aliphatic carbocycles. The zero-order valence-corrected chi connectivity index (χ0v) is 15.9. The molecule has 0 bridgehead atoms. The molecule has 1 aromatic heterocycles. The third-order valence-electron chi connectivity index (χ3n) is 4.69. The van der Waals surface area contributed by atoms with Gasteiger partial charge in [0.1, 0.15) is 5.75 Å². The fourth-order valence-corrected chi connectivity index (χ4v) is 3.99. The summed E-state index contributed by atoms with van der Waals surface area (Å²) in [4.78, 5) is 20.7. The SMILES string of the molecule is COc1cccc(C(=O)Nc2nc(C)c(CN3CCC(C)CC3)s2)c1. The number of hydrogen-bond donors (Lipinski definition) is 1. The first-order valence-corrected chi connectivity index (χ1v) is 9.51. The van der Waals surface area contributed by atoms with Crippen molar-refractivity contribution in [2.24, 2.45) is 5.92 Å². The second-order valence-corrected chi connectivity index (χ2v) is 7.76. The zero-order chi connectivity index (χ0) is 17.8. The Morgan fingerprint density at radius 1 is 1.40 bits per heavy atom. The number of benzene rings is 1. The topological polar surface area (TPSA) is 54.5 Å². The summed E-state index contributed by atoms with van der Waals surface area (Å²) in [6.07, 6.45) is 2.52. The molecule has 1 aromatic carbocycles. The van der Waals surface area contributed by atoms with Crippen LogP contribution in [0.2, 0.25) is 0 Å². The molecule has 1 saturated heterocycles. The van der Waals surface area contributed by atoms with Gasteiger partial charge in [-0.25, -0.2) is 4.98 Å². The average molecular weight is 359 g/mol. The van der Waals surface area contributed by atoms with Gasteiger partial charge in [0.25, 0.3) is 5.91 Å². The van der Waals surface area contributed by atoms with Crippen molar-refractivity contribution in [1.29, 1.82) is 0 Å². The van der Waals surface area contributed by atoms with Gasteiger partial charge in [-0.05, 0) is 57.0 Å². The number of hydrogen-bond acceptors (Lipinski definition) is 5. The van der Waals surface area contributed by atoms with Gasteiger partial charge in [0.15, 0.2) is 5.13 Å². The Morgan fingerprint density at radius 3 is 2.88 bits per heavy atom. The van der Waals surface area contributed by atoms with Gasteiger partial charge in [-0.1, -0.05) is 13.0 Å². The van der Waals surface area contributed by atoms with E-state index in [-0.39, 0.29) is 5.91 Å². The summed E-state index contributed by atoms with van der Waals surface area (Å²) in [5, 5.41) is 3.57. The molecule has 1 aliphatic heterocycles. The molecule has 1 N–H and O–H groups in total. The Hall–Kier alpha value is -1.92. The van der Waals surface area contributed by atoms with Crippen LogP contribution in [0, 0.1) is 12.8 Å². The number of methoxy groups -OCH3 is 1. The minimum Gasteiger partial charge on any atom is -0.497 e. The predicted molar refractivity (Wildman–Crippen MR) is 101 cm³/mol. The molecule has 134 valence electrons. The van der Waals surface area contributed by atoms with Gasteiger partial charge in [0, 0.05) is 17.0 Å². The number of likely N-dealkylation sites (tertiary alicyclic amines) is 1. The number of aryl methyl sites for hydroxylation is 1. The number of piperidine rings is 1. The maximum atomic E-state index is 12.4. The van der Waals surface area contributed by atoms with Crippen LogP contribution in [0.4, 0.5) is 5.13 Å². The second kappa shape index (κ2) is 7.97. The molecule has 0 spiro atoms. The summed E-state index contributed by atoms with van der Waals surface area (Å²) < 4.78 is 5.17. The summed E-state index contributed by atoms with van der Waals surface area (Å²) in [5.74, 6) is 1.34. The number of nitrogens with zero attached hydrogens (tertiary/aromatic N) is 2. The molecular formula is C19H25N3O2S. The van der Waals surface area contributed by atoms with Crippen molar-refractivity contribution >= 4 is 22.4 Å². The highest BCUT2D eigenvalue weighted by molar-refractivity contribution is 7.15. The van der Waals surface area contributed by atoms with Crippen molar-refractivity contribution in [3.63, 3.8) is 0 Å². The first kappa shape index (κ1) is 17.9. The molecule has 0 atom stereocenters. The Kier molecular flexibility index (Phi) is 5.71. The van der Waals surface area contributed by atoms with E-state index in [9.17, 15) is 4.79 Å². The Balaban J connectivity index is 1.64. The molecule has 6 heteroatoms. The lowest BCUT2D eigenvalue weighted by molar-refractivity contribution is 0.102. The van der Waals surface area contributed by atoms with Crippen molar-refractivity contribution in [3.8, 4) is 5.75 Å². The van der Waals surface area contributed by atoms with Gasteiger partial charge in [-0.3, -0.25) is 15.0 Å². The Morgan fingerprint density at radius 2 is 2.16 bits per heavy atom. The van der Waals surface area contributed by atoms with Gasteiger partial charge in [-0.15, -0.1) is 11.3 Å². The summed E-state index contributed by atoms with van der Waals surface area (Å²) >= 11 is 1.57. The van der Waals surface area contributed by atoms with E-state index in [4.69, 9.17) is 4.74 Å². The van der Waals surface area contributed by atoms with E-state index in [2.05, 4.69) is 22.1 Å². The zero-order valence-electron chi connectivity index (χ0n) is 15.0. The van der Waals surface area contributed by atoms with E-state index in [1.54, 1.807) is 30.6 Å². The summed E-state index contributed by atoms with van der Waals surface area (Å²) in [7, 11) is 1.59. The van der Waals surface area contributed by atoms with E-state index in [0.717, 1.165) is 31.2 Å². The molecule has 0 radical (unpaired) electrons. The number of amides is 1. The molecule has 5 nitrogen and oxygen atoms in total. The van der Waals surface area contributed by atoms with Gasteiger partial charge in [0.05, 0.1) is 12.8 Å². The fourth-order valence-electron chi connectivity index (χ4n) is 2.99. The fraction of sp³-hybridized carbons (Fsp3) is 0.474. The van der Waals surface area contributed by atoms with Crippen LogP contribution in [0.3, 0.4) is 0 Å². The van der Waals surface area contributed by atoms with E-state index in [1.807, 2.05) is 19.1 Å². The van der Waals surface area contributed by atoms with Crippen LogP contribution < -0.4 is 10.1 Å². The van der Waals surface area contributed by atoms with Crippen LogP contribution in [0.25, 0.3) is 0 Å². The lowest BCUT2D eigenvalue weighted by atomic mass is 9.99. The first-order chi connectivity index (χ1) is 12.0. The molecule has 1 amide bonds. The highest BCUT2D eigenvalue weighted by Crippen LogP contribution is 2.26. The number of carbonyl (C=O) groups is 1. The molecule has 25 heavy (non-hydrogen) atoms. The highest BCUT2D eigenvalue weighted by Gasteiger charge is 2.19. The second-order valence-electron chi connectivity index (χ2n) is 6.67. The minimum atomic E-state index is -0.161. The van der Waals surface area contributed by atoms with Crippen LogP contribution in [-0.2, 0) is 6.54 Å². The van der Waals surface area contributed by atoms with E-state index in [0.29, 0.717) is 16.4 Å². The van der Waals surface area contributed by atoms with Crippen molar-refractivity contribution < 1.29 is 9.53 Å². The number of carbonyl (C=O) groups excluding carboxylic acids is 1. The third kappa shape index (κ3) is 4.58. The van der Waals surface area contributed by atoms with Crippen molar-refractivity contribution in [3.05, 3.63) is 40.4 Å². The molecule has 2 heterocycles. The molecular weight excluding hydrogens is 334 g/mol. The summed E-state index contributed by atoms with van der Waals surface area (Å²) in [6.45, 7) is 7.54. The summed E-state index contributed by atoms with van der Waals surface area (Å²) in [5.41, 5.74) is 1.57. The van der Waals surface area contributed by atoms with Crippen LogP contribution in [0.5, 0.6) is 5.75 Å². The first-order valence-electron chi connectivity index (χ1n) is 8.69. The van der Waals surface area contributed by atoms with Crippen LogP contribution in [0.15, 0.2) is 24.3 Å². The lowest BCUT2D eigenvalue weighted by Crippen LogP contribution is -2.32. The average Bonchev–Trinajstić information content (AvgIpc) is 2.96. The Labute approximate surface area is 153 Å².